The van der Waals surface area contributed by atoms with E-state index in [4.69, 9.17) is 4.42 Å². The summed E-state index contributed by atoms with van der Waals surface area (Å²) < 4.78 is 33.8. The first-order valence-corrected chi connectivity index (χ1v) is 12.7. The van der Waals surface area contributed by atoms with Crippen LogP contribution in [-0.2, 0) is 27.8 Å². The topological polar surface area (TPSA) is 70.8 Å². The number of amides is 1. The van der Waals surface area contributed by atoms with Crippen LogP contribution in [-0.4, -0.2) is 42.7 Å². The van der Waals surface area contributed by atoms with Crippen molar-refractivity contribution in [2.75, 3.05) is 13.1 Å². The van der Waals surface area contributed by atoms with Gasteiger partial charge in [0.2, 0.25) is 15.9 Å². The van der Waals surface area contributed by atoms with E-state index < -0.39 is 10.0 Å². The lowest BCUT2D eigenvalue weighted by molar-refractivity contribution is -0.132. The maximum absolute atomic E-state index is 13.5. The normalized spacial score (nSPS) is 12.6. The molecule has 1 heterocycles. The van der Waals surface area contributed by atoms with Crippen molar-refractivity contribution in [1.29, 1.82) is 0 Å². The van der Waals surface area contributed by atoms with Crippen molar-refractivity contribution in [3.05, 3.63) is 89.9 Å². The van der Waals surface area contributed by atoms with Gasteiger partial charge in [-0.05, 0) is 56.5 Å². The van der Waals surface area contributed by atoms with E-state index >= 15 is 0 Å². The lowest BCUT2D eigenvalue weighted by Crippen LogP contribution is -2.46. The quantitative estimate of drug-likeness (QED) is 0.411. The Morgan fingerprint density at radius 3 is 2.18 bits per heavy atom. The third kappa shape index (κ3) is 6.55. The molecule has 0 saturated heterocycles. The number of carbonyl (C=O) groups is 1. The minimum Gasteiger partial charge on any atom is -0.464 e. The van der Waals surface area contributed by atoms with Crippen LogP contribution in [0, 0.1) is 6.92 Å². The standard InChI is InChI=1S/C26H32N2O4S/c1-4-21(2)28(33(30,31)25-13-9-6-10-14-25)20-26(29)27(19-24-16-15-22(3)32-24)18-17-23-11-7-5-8-12-23/h5-16,21H,4,17-20H2,1-3H3. The molecule has 0 spiro atoms. The molecule has 3 aromatic rings. The van der Waals surface area contributed by atoms with E-state index in [9.17, 15) is 13.2 Å². The molecule has 7 heteroatoms. The molecule has 0 fully saturated rings. The molecule has 1 atom stereocenters. The van der Waals surface area contributed by atoms with Gasteiger partial charge >= 0.3 is 0 Å². The molecule has 0 bridgehead atoms. The molecule has 1 unspecified atom stereocenters. The fourth-order valence-electron chi connectivity index (χ4n) is 3.60. The number of hydrogen-bond donors (Lipinski definition) is 0. The van der Waals surface area contributed by atoms with Gasteiger partial charge < -0.3 is 9.32 Å². The third-order valence-corrected chi connectivity index (χ3v) is 7.71. The van der Waals surface area contributed by atoms with Crippen molar-refractivity contribution < 1.29 is 17.6 Å². The van der Waals surface area contributed by atoms with Crippen LogP contribution in [0.2, 0.25) is 0 Å². The van der Waals surface area contributed by atoms with Gasteiger partial charge in [0.05, 0.1) is 18.0 Å². The van der Waals surface area contributed by atoms with Crippen LogP contribution in [0.5, 0.6) is 0 Å². The zero-order valence-corrected chi connectivity index (χ0v) is 20.3. The molecule has 176 valence electrons. The van der Waals surface area contributed by atoms with Gasteiger partial charge in [0.25, 0.3) is 0 Å². The number of hydrogen-bond acceptors (Lipinski definition) is 4. The second kappa shape index (κ2) is 11.3. The lowest BCUT2D eigenvalue weighted by Gasteiger charge is -2.30. The molecule has 1 aromatic heterocycles. The van der Waals surface area contributed by atoms with Crippen molar-refractivity contribution in [3.8, 4) is 0 Å². The van der Waals surface area contributed by atoms with Crippen molar-refractivity contribution >= 4 is 15.9 Å². The Morgan fingerprint density at radius 2 is 1.61 bits per heavy atom. The maximum atomic E-state index is 13.5. The highest BCUT2D eigenvalue weighted by molar-refractivity contribution is 7.89. The Kier molecular flexibility index (Phi) is 8.47. The van der Waals surface area contributed by atoms with Crippen molar-refractivity contribution in [1.82, 2.24) is 9.21 Å². The highest BCUT2D eigenvalue weighted by atomic mass is 32.2. The van der Waals surface area contributed by atoms with Gasteiger partial charge in [-0.25, -0.2) is 8.42 Å². The van der Waals surface area contributed by atoms with E-state index in [1.165, 1.54) is 4.31 Å². The first-order valence-electron chi connectivity index (χ1n) is 11.2. The van der Waals surface area contributed by atoms with Gasteiger partial charge in [0, 0.05) is 12.6 Å². The van der Waals surface area contributed by atoms with Crippen LogP contribution >= 0.6 is 0 Å². The fraction of sp³-hybridized carbons (Fsp3) is 0.346. The maximum Gasteiger partial charge on any atom is 0.243 e. The third-order valence-electron chi connectivity index (χ3n) is 5.73. The van der Waals surface area contributed by atoms with Crippen molar-refractivity contribution in [2.45, 2.75) is 51.1 Å². The SMILES string of the molecule is CCC(C)N(CC(=O)N(CCc1ccccc1)Cc1ccc(C)o1)S(=O)(=O)c1ccccc1. The van der Waals surface area contributed by atoms with Crippen LogP contribution in [0.3, 0.4) is 0 Å². The van der Waals surface area contributed by atoms with Crippen molar-refractivity contribution in [3.63, 3.8) is 0 Å². The molecule has 2 aromatic carbocycles. The largest absolute Gasteiger partial charge is 0.464 e. The number of aryl methyl sites for hydroxylation is 1. The van der Waals surface area contributed by atoms with E-state index in [1.54, 1.807) is 35.2 Å². The van der Waals surface area contributed by atoms with E-state index in [0.717, 1.165) is 11.3 Å². The summed E-state index contributed by atoms with van der Waals surface area (Å²) in [6, 6.07) is 21.6. The molecule has 0 aliphatic carbocycles. The van der Waals surface area contributed by atoms with Gasteiger partial charge in [-0.15, -0.1) is 0 Å². The Balaban J connectivity index is 1.83. The average molecular weight is 469 g/mol. The lowest BCUT2D eigenvalue weighted by atomic mass is 10.1. The first-order chi connectivity index (χ1) is 15.8. The predicted molar refractivity (Wildman–Crippen MR) is 129 cm³/mol. The van der Waals surface area contributed by atoms with Gasteiger partial charge in [-0.1, -0.05) is 55.5 Å². The second-order valence-electron chi connectivity index (χ2n) is 8.18. The smallest absolute Gasteiger partial charge is 0.243 e. The van der Waals surface area contributed by atoms with Crippen molar-refractivity contribution in [2.24, 2.45) is 0 Å². The fourth-order valence-corrected chi connectivity index (χ4v) is 5.28. The molecule has 0 aliphatic heterocycles. The number of sulfonamides is 1. The second-order valence-corrected chi connectivity index (χ2v) is 10.1. The highest BCUT2D eigenvalue weighted by Gasteiger charge is 2.31. The number of rotatable bonds is 11. The molecule has 6 nitrogen and oxygen atoms in total. The summed E-state index contributed by atoms with van der Waals surface area (Å²) in [6.45, 7) is 6.14. The molecule has 1 amide bonds. The number of carbonyl (C=O) groups excluding carboxylic acids is 1. The van der Waals surface area contributed by atoms with Crippen LogP contribution in [0.25, 0.3) is 0 Å². The molecule has 0 N–H and O–H groups in total. The van der Waals surface area contributed by atoms with Gasteiger partial charge in [0.15, 0.2) is 0 Å². The molecule has 0 aliphatic rings. The van der Waals surface area contributed by atoms with E-state index in [0.29, 0.717) is 31.7 Å². The minimum atomic E-state index is -3.81. The Labute approximate surface area is 196 Å². The van der Waals surface area contributed by atoms with Crippen LogP contribution in [0.15, 0.2) is 82.1 Å². The molecule has 3 rings (SSSR count). The Hall–Kier alpha value is -2.90. The molecular formula is C26H32N2O4S. The monoisotopic (exact) mass is 468 g/mol. The first kappa shape index (κ1) is 24.7. The molecule has 0 saturated carbocycles. The number of benzene rings is 2. The zero-order valence-electron chi connectivity index (χ0n) is 19.5. The zero-order chi connectivity index (χ0) is 23.8. The predicted octanol–water partition coefficient (Wildman–Crippen LogP) is 4.65. The van der Waals surface area contributed by atoms with Crippen LogP contribution in [0.4, 0.5) is 0 Å². The molecular weight excluding hydrogens is 436 g/mol. The minimum absolute atomic E-state index is 0.190. The summed E-state index contributed by atoms with van der Waals surface area (Å²) in [6.07, 6.45) is 1.27. The number of furan rings is 1. The number of nitrogens with zero attached hydrogens (tertiary/aromatic N) is 2. The summed E-state index contributed by atoms with van der Waals surface area (Å²) in [5, 5.41) is 0. The van der Waals surface area contributed by atoms with Gasteiger partial charge in [-0.2, -0.15) is 4.31 Å². The Bertz CT molecular complexity index is 1130. The summed E-state index contributed by atoms with van der Waals surface area (Å²) in [5.41, 5.74) is 1.11. The summed E-state index contributed by atoms with van der Waals surface area (Å²) >= 11 is 0. The summed E-state index contributed by atoms with van der Waals surface area (Å²) in [5.74, 6) is 1.20. The molecule has 33 heavy (non-hydrogen) atoms. The van der Waals surface area contributed by atoms with Gasteiger partial charge in [-0.3, -0.25) is 4.79 Å². The summed E-state index contributed by atoms with van der Waals surface area (Å²) in [4.78, 5) is 15.3. The highest BCUT2D eigenvalue weighted by Crippen LogP contribution is 2.20. The van der Waals surface area contributed by atoms with E-state index in [-0.39, 0.29) is 23.4 Å². The average Bonchev–Trinajstić information content (AvgIpc) is 3.25. The van der Waals surface area contributed by atoms with Crippen LogP contribution in [0.1, 0.15) is 37.4 Å². The van der Waals surface area contributed by atoms with Crippen LogP contribution < -0.4 is 0 Å². The Morgan fingerprint density at radius 1 is 0.970 bits per heavy atom. The summed E-state index contributed by atoms with van der Waals surface area (Å²) in [7, 11) is -3.81. The van der Waals surface area contributed by atoms with Gasteiger partial charge in [0.1, 0.15) is 11.5 Å². The molecule has 0 radical (unpaired) electrons. The van der Waals surface area contributed by atoms with E-state index in [2.05, 4.69) is 0 Å². The van der Waals surface area contributed by atoms with E-state index in [1.807, 2.05) is 63.2 Å².